The highest BCUT2D eigenvalue weighted by Crippen LogP contribution is 2.57. The molecule has 4 atom stereocenters. The lowest BCUT2D eigenvalue weighted by molar-refractivity contribution is -0.142. The molecule has 0 unspecified atom stereocenters. The Hall–Kier alpha value is -4.94. The zero-order chi connectivity index (χ0) is 29.7. The number of fused-ring (bicyclic) bond motifs is 9. The molecule has 4 aromatic rings. The number of aryl methyl sites for hydroxylation is 1. The van der Waals surface area contributed by atoms with Gasteiger partial charge in [-0.25, -0.2) is 4.90 Å². The Labute approximate surface area is 256 Å². The van der Waals surface area contributed by atoms with Gasteiger partial charge in [-0.1, -0.05) is 42.5 Å². The summed E-state index contributed by atoms with van der Waals surface area (Å²) in [6.45, 7) is 0.106. The standard InChI is InChI=1S/C35H24N2O6S/c36-15-23-20-7-3-4-8-27(20)44-34(23)37-32(38)29-21(18-10-11-24-26(13-18)42-16-41-24)14-22-28-19-6-2-1-5-17(19)9-12-25(28)43-35(40)30(22)31(29)33(37)39/h1-2,5-6,9-14,21,29-31H,3-4,7-8,16H2/t21-,29+,30-,31+/m1/s1. The number of thiophene rings is 1. The molecule has 1 aromatic heterocycles. The van der Waals surface area contributed by atoms with Gasteiger partial charge in [0.1, 0.15) is 16.8 Å². The van der Waals surface area contributed by atoms with Crippen LogP contribution in [-0.2, 0) is 27.2 Å². The number of ether oxygens (including phenoxy) is 3. The number of nitriles is 1. The van der Waals surface area contributed by atoms with E-state index in [0.29, 0.717) is 33.4 Å². The average molecular weight is 601 g/mol. The number of amides is 2. The van der Waals surface area contributed by atoms with Crippen molar-refractivity contribution in [1.29, 1.82) is 5.26 Å². The molecule has 216 valence electrons. The van der Waals surface area contributed by atoms with E-state index in [1.807, 2.05) is 54.6 Å². The quantitative estimate of drug-likeness (QED) is 0.160. The number of hydrogen-bond donors (Lipinski definition) is 0. The Morgan fingerprint density at radius 1 is 0.886 bits per heavy atom. The molecule has 1 fully saturated rings. The molecule has 2 amide bonds. The highest BCUT2D eigenvalue weighted by molar-refractivity contribution is 7.17. The Morgan fingerprint density at radius 2 is 1.68 bits per heavy atom. The molecular weight excluding hydrogens is 576 g/mol. The summed E-state index contributed by atoms with van der Waals surface area (Å²) in [6.07, 6.45) is 5.52. The maximum Gasteiger partial charge on any atom is 0.319 e. The molecule has 0 bridgehead atoms. The second-order valence-corrected chi connectivity index (χ2v) is 13.0. The molecule has 3 aromatic carbocycles. The van der Waals surface area contributed by atoms with Crippen molar-refractivity contribution in [3.8, 4) is 23.3 Å². The molecule has 9 heteroatoms. The maximum absolute atomic E-state index is 14.6. The van der Waals surface area contributed by atoms with E-state index in [0.717, 1.165) is 58.0 Å². The van der Waals surface area contributed by atoms with Gasteiger partial charge in [0.2, 0.25) is 18.6 Å². The summed E-state index contributed by atoms with van der Waals surface area (Å²) in [5, 5.41) is 12.5. The van der Waals surface area contributed by atoms with Crippen LogP contribution in [-0.4, -0.2) is 24.6 Å². The number of anilines is 1. The average Bonchev–Trinajstić information content (AvgIpc) is 3.73. The van der Waals surface area contributed by atoms with Gasteiger partial charge in [0, 0.05) is 16.4 Å². The molecule has 0 radical (unpaired) electrons. The largest absolute Gasteiger partial charge is 0.454 e. The zero-order valence-electron chi connectivity index (χ0n) is 23.4. The predicted molar refractivity (Wildman–Crippen MR) is 162 cm³/mol. The highest BCUT2D eigenvalue weighted by atomic mass is 32.1. The van der Waals surface area contributed by atoms with Crippen LogP contribution < -0.4 is 19.1 Å². The van der Waals surface area contributed by atoms with E-state index in [4.69, 9.17) is 14.2 Å². The van der Waals surface area contributed by atoms with Gasteiger partial charge in [-0.15, -0.1) is 11.3 Å². The van der Waals surface area contributed by atoms with Crippen LogP contribution in [0.1, 0.15) is 45.9 Å². The number of carbonyl (C=O) groups excluding carboxylic acids is 3. The summed E-state index contributed by atoms with van der Waals surface area (Å²) in [5.74, 6) is -3.17. The van der Waals surface area contributed by atoms with Gasteiger partial charge in [0.05, 0.1) is 23.3 Å². The van der Waals surface area contributed by atoms with Crippen LogP contribution in [0.15, 0.2) is 60.7 Å². The van der Waals surface area contributed by atoms with Gasteiger partial charge >= 0.3 is 5.97 Å². The van der Waals surface area contributed by atoms with Crippen molar-refractivity contribution < 1.29 is 28.6 Å². The van der Waals surface area contributed by atoms with E-state index in [-0.39, 0.29) is 6.79 Å². The topological polar surface area (TPSA) is 106 Å². The van der Waals surface area contributed by atoms with Gasteiger partial charge in [-0.3, -0.25) is 14.4 Å². The SMILES string of the molecule is N#Cc1c(N2C(=O)[C@@H]3[C@@H]4C(=O)Oc5ccc6ccccc6c5C4=C[C@H](c4ccc5c(c4)OCO5)[C@@H]3C2=O)sc2c1CCCC2. The van der Waals surface area contributed by atoms with Gasteiger partial charge in [-0.05, 0) is 71.4 Å². The van der Waals surface area contributed by atoms with Crippen LogP contribution in [0, 0.1) is 29.1 Å². The van der Waals surface area contributed by atoms with E-state index in [1.54, 1.807) is 6.07 Å². The number of allylic oxidation sites excluding steroid dienone is 1. The number of rotatable bonds is 2. The normalized spacial score (nSPS) is 24.7. The van der Waals surface area contributed by atoms with Crippen LogP contribution in [0.4, 0.5) is 5.00 Å². The summed E-state index contributed by atoms with van der Waals surface area (Å²) < 4.78 is 17.1. The third kappa shape index (κ3) is 3.40. The molecule has 8 nitrogen and oxygen atoms in total. The summed E-state index contributed by atoms with van der Waals surface area (Å²) in [4.78, 5) is 45.2. The smallest absolute Gasteiger partial charge is 0.319 e. The lowest BCUT2D eigenvalue weighted by Gasteiger charge is -2.38. The van der Waals surface area contributed by atoms with Crippen molar-refractivity contribution in [1.82, 2.24) is 0 Å². The van der Waals surface area contributed by atoms with Crippen molar-refractivity contribution >= 4 is 50.5 Å². The molecule has 9 rings (SSSR count). The minimum absolute atomic E-state index is 0.106. The molecular formula is C35H24N2O6S. The zero-order valence-corrected chi connectivity index (χ0v) is 24.2. The number of nitrogens with zero attached hydrogens (tertiary/aromatic N) is 2. The van der Waals surface area contributed by atoms with E-state index < -0.39 is 41.5 Å². The molecule has 0 N–H and O–H groups in total. The van der Waals surface area contributed by atoms with Gasteiger partial charge in [0.25, 0.3) is 0 Å². The number of benzene rings is 3. The number of carbonyl (C=O) groups is 3. The summed E-state index contributed by atoms with van der Waals surface area (Å²) in [5.41, 5.74) is 3.58. The second kappa shape index (κ2) is 9.28. The Morgan fingerprint density at radius 3 is 2.57 bits per heavy atom. The second-order valence-electron chi connectivity index (χ2n) is 11.9. The number of hydrogen-bond acceptors (Lipinski definition) is 8. The molecule has 44 heavy (non-hydrogen) atoms. The highest BCUT2D eigenvalue weighted by Gasteiger charge is 2.61. The van der Waals surface area contributed by atoms with Gasteiger partial charge < -0.3 is 14.2 Å². The Kier molecular flexibility index (Phi) is 5.39. The minimum atomic E-state index is -0.997. The molecule has 0 spiro atoms. The van der Waals surface area contributed by atoms with E-state index in [9.17, 15) is 19.6 Å². The van der Waals surface area contributed by atoms with E-state index >= 15 is 0 Å². The molecule has 5 aliphatic rings. The van der Waals surface area contributed by atoms with Crippen LogP contribution >= 0.6 is 11.3 Å². The molecule has 3 aliphatic heterocycles. The van der Waals surface area contributed by atoms with Crippen molar-refractivity contribution in [2.75, 3.05) is 11.7 Å². The first-order chi connectivity index (χ1) is 21.5. The van der Waals surface area contributed by atoms with Crippen LogP contribution in [0.5, 0.6) is 17.2 Å². The lowest BCUT2D eigenvalue weighted by atomic mass is 9.64. The predicted octanol–water partition coefficient (Wildman–Crippen LogP) is 5.90. The molecule has 1 saturated heterocycles. The molecule has 2 aliphatic carbocycles. The summed E-state index contributed by atoms with van der Waals surface area (Å²) in [6, 6.07) is 19.4. The van der Waals surface area contributed by atoms with Gasteiger partial charge in [0.15, 0.2) is 11.5 Å². The molecule has 4 heterocycles. The fraction of sp³-hybridized carbons (Fsp3) is 0.257. The van der Waals surface area contributed by atoms with Crippen molar-refractivity contribution in [2.45, 2.75) is 31.6 Å². The first-order valence-corrected chi connectivity index (χ1v) is 15.6. The fourth-order valence-corrected chi connectivity index (χ4v) is 9.15. The van der Waals surface area contributed by atoms with Gasteiger partial charge in [-0.2, -0.15) is 5.26 Å². The lowest BCUT2D eigenvalue weighted by Crippen LogP contribution is -2.42. The van der Waals surface area contributed by atoms with E-state index in [1.165, 1.54) is 16.2 Å². The fourth-order valence-electron chi connectivity index (χ4n) is 7.80. The van der Waals surface area contributed by atoms with Crippen molar-refractivity contribution in [2.24, 2.45) is 17.8 Å². The van der Waals surface area contributed by atoms with Crippen LogP contribution in [0.25, 0.3) is 16.3 Å². The van der Waals surface area contributed by atoms with E-state index in [2.05, 4.69) is 6.07 Å². The Bertz CT molecular complexity index is 2050. The maximum atomic E-state index is 14.6. The third-order valence-corrected chi connectivity index (χ3v) is 11.0. The number of imide groups is 1. The molecule has 0 saturated carbocycles. The number of esters is 1. The first kappa shape index (κ1) is 25.5. The third-order valence-electron chi connectivity index (χ3n) is 9.73. The summed E-state index contributed by atoms with van der Waals surface area (Å²) >= 11 is 1.36. The summed E-state index contributed by atoms with van der Waals surface area (Å²) in [7, 11) is 0. The van der Waals surface area contributed by atoms with Crippen LogP contribution in [0.3, 0.4) is 0 Å². The van der Waals surface area contributed by atoms with Crippen LogP contribution in [0.2, 0.25) is 0 Å². The monoisotopic (exact) mass is 600 g/mol. The van der Waals surface area contributed by atoms with Crippen molar-refractivity contribution in [3.63, 3.8) is 0 Å². The first-order valence-electron chi connectivity index (χ1n) is 14.8. The Balaban J connectivity index is 1.27. The van der Waals surface area contributed by atoms with Crippen molar-refractivity contribution in [3.05, 3.63) is 87.8 Å². The minimum Gasteiger partial charge on any atom is -0.454 e.